The fraction of sp³-hybridized carbons (Fsp3) is 0.312. The van der Waals surface area contributed by atoms with Crippen molar-refractivity contribution < 1.29 is 14.6 Å². The first-order chi connectivity index (χ1) is 20.3. The smallest absolute Gasteiger partial charge is 0.250 e. The van der Waals surface area contributed by atoms with Gasteiger partial charge in [0.1, 0.15) is 11.5 Å². The molecule has 2 aromatic carbocycles. The molecule has 0 unspecified atom stereocenters. The zero-order chi connectivity index (χ0) is 29.4. The van der Waals surface area contributed by atoms with E-state index < -0.39 is 11.6 Å². The number of ether oxygens (including phenoxy) is 1. The molecule has 0 saturated heterocycles. The van der Waals surface area contributed by atoms with Gasteiger partial charge in [0.25, 0.3) is 5.91 Å². The van der Waals surface area contributed by atoms with Crippen molar-refractivity contribution in [3.8, 4) is 28.4 Å². The van der Waals surface area contributed by atoms with Crippen LogP contribution in [-0.4, -0.2) is 48.2 Å². The number of primary amides is 1. The second-order valence-corrected chi connectivity index (χ2v) is 11.2. The van der Waals surface area contributed by atoms with Crippen LogP contribution < -0.4 is 15.8 Å². The van der Waals surface area contributed by atoms with Crippen LogP contribution in [0.5, 0.6) is 5.75 Å². The van der Waals surface area contributed by atoms with E-state index in [4.69, 9.17) is 20.6 Å². The summed E-state index contributed by atoms with van der Waals surface area (Å²) >= 11 is 0. The molecule has 0 aliphatic heterocycles. The van der Waals surface area contributed by atoms with Crippen LogP contribution in [0.25, 0.3) is 33.7 Å². The minimum Gasteiger partial charge on any atom is -0.497 e. The minimum absolute atomic E-state index is 0.103. The molecule has 42 heavy (non-hydrogen) atoms. The highest BCUT2D eigenvalue weighted by molar-refractivity contribution is 5.99. The second kappa shape index (κ2) is 10.9. The van der Waals surface area contributed by atoms with Crippen molar-refractivity contribution in [3.05, 3.63) is 78.5 Å². The fourth-order valence-corrected chi connectivity index (χ4v) is 5.71. The molecule has 1 saturated carbocycles. The number of benzene rings is 2. The summed E-state index contributed by atoms with van der Waals surface area (Å²) in [4.78, 5) is 21.7. The number of methoxy groups -OCH3 is 1. The summed E-state index contributed by atoms with van der Waals surface area (Å²) in [5, 5.41) is 20.3. The molecule has 1 aliphatic carbocycles. The molecule has 10 nitrogen and oxygen atoms in total. The SMILES string of the molecule is COc1ccc(-c2cn(-c3ccnc4c3c(C(C)C)nn4-c3ccc(C(N)=O)c(NC4(O)CCCCC4)c3)cn2)cc1. The Kier molecular flexibility index (Phi) is 7.16. The first-order valence-corrected chi connectivity index (χ1v) is 14.3. The van der Waals surface area contributed by atoms with Gasteiger partial charge in [-0.05, 0) is 80.1 Å². The van der Waals surface area contributed by atoms with Gasteiger partial charge < -0.3 is 25.5 Å². The van der Waals surface area contributed by atoms with Crippen molar-refractivity contribution in [1.29, 1.82) is 0 Å². The molecule has 0 atom stereocenters. The number of nitrogens with two attached hydrogens (primary N) is 1. The zero-order valence-electron chi connectivity index (χ0n) is 24.0. The Hall–Kier alpha value is -4.70. The van der Waals surface area contributed by atoms with Crippen molar-refractivity contribution in [2.24, 2.45) is 5.73 Å². The number of aromatic nitrogens is 5. The van der Waals surface area contributed by atoms with E-state index in [-0.39, 0.29) is 5.92 Å². The molecule has 1 fully saturated rings. The van der Waals surface area contributed by atoms with E-state index in [9.17, 15) is 9.90 Å². The molecule has 0 radical (unpaired) electrons. The summed E-state index contributed by atoms with van der Waals surface area (Å²) in [6.07, 6.45) is 9.66. The van der Waals surface area contributed by atoms with Gasteiger partial charge in [-0.2, -0.15) is 5.10 Å². The molecule has 10 heteroatoms. The lowest BCUT2D eigenvalue weighted by molar-refractivity contribution is 0.0316. The predicted molar refractivity (Wildman–Crippen MR) is 162 cm³/mol. The summed E-state index contributed by atoms with van der Waals surface area (Å²) in [7, 11) is 1.65. The quantitative estimate of drug-likeness (QED) is 0.210. The van der Waals surface area contributed by atoms with E-state index >= 15 is 0 Å². The molecule has 1 amide bonds. The Morgan fingerprint density at radius 1 is 1.07 bits per heavy atom. The van der Waals surface area contributed by atoms with E-state index in [1.54, 1.807) is 36.4 Å². The molecule has 5 aromatic rings. The number of hydrogen-bond acceptors (Lipinski definition) is 7. The number of hydrogen-bond donors (Lipinski definition) is 3. The first-order valence-electron chi connectivity index (χ1n) is 14.3. The van der Waals surface area contributed by atoms with Gasteiger partial charge in [-0.1, -0.05) is 20.3 Å². The highest BCUT2D eigenvalue weighted by Gasteiger charge is 2.30. The second-order valence-electron chi connectivity index (χ2n) is 11.2. The number of carbonyl (C=O) groups excluding carboxylic acids is 1. The van der Waals surface area contributed by atoms with Gasteiger partial charge in [0.15, 0.2) is 5.65 Å². The highest BCUT2D eigenvalue weighted by Crippen LogP contribution is 2.35. The van der Waals surface area contributed by atoms with E-state index in [2.05, 4.69) is 24.1 Å². The highest BCUT2D eigenvalue weighted by atomic mass is 16.5. The number of nitrogens with one attached hydrogen (secondary N) is 1. The van der Waals surface area contributed by atoms with Gasteiger partial charge in [-0.25, -0.2) is 14.6 Å². The lowest BCUT2D eigenvalue weighted by Gasteiger charge is -2.34. The van der Waals surface area contributed by atoms with Crippen molar-refractivity contribution in [2.45, 2.75) is 57.6 Å². The van der Waals surface area contributed by atoms with Crippen molar-refractivity contribution >= 4 is 22.6 Å². The third-order valence-corrected chi connectivity index (χ3v) is 7.93. The Bertz CT molecular complexity index is 1750. The third-order valence-electron chi connectivity index (χ3n) is 7.93. The molecule has 4 N–H and O–H groups in total. The van der Waals surface area contributed by atoms with Crippen LogP contribution >= 0.6 is 0 Å². The standard InChI is InChI=1S/C32H35N7O3/c1-20(2)29-28-27(38-18-26(35-19-38)21-7-10-23(42-3)11-8-21)13-16-34-31(28)39(37-29)22-9-12-24(30(33)40)25(17-22)36-32(41)14-5-4-6-15-32/h7-13,16-20,36,41H,4-6,14-15H2,1-3H3,(H2,33,40). The molecule has 0 bridgehead atoms. The number of pyridine rings is 1. The summed E-state index contributed by atoms with van der Waals surface area (Å²) in [5.41, 5.74) is 10.4. The molecule has 0 spiro atoms. The van der Waals surface area contributed by atoms with Crippen LogP contribution in [0.1, 0.15) is 67.9 Å². The van der Waals surface area contributed by atoms with Crippen LogP contribution in [0.15, 0.2) is 67.3 Å². The molecular formula is C32H35N7O3. The van der Waals surface area contributed by atoms with E-state index in [1.807, 2.05) is 47.2 Å². The van der Waals surface area contributed by atoms with Gasteiger partial charge in [0, 0.05) is 18.0 Å². The molecule has 216 valence electrons. The molecule has 1 aliphatic rings. The number of rotatable bonds is 8. The molecule has 3 heterocycles. The summed E-state index contributed by atoms with van der Waals surface area (Å²) in [5.74, 6) is 0.328. The number of aliphatic hydroxyl groups is 1. The van der Waals surface area contributed by atoms with Gasteiger partial charge in [-0.15, -0.1) is 0 Å². The summed E-state index contributed by atoms with van der Waals surface area (Å²) in [6, 6.07) is 15.1. The average Bonchev–Trinajstić information content (AvgIpc) is 3.63. The Labute approximate surface area is 244 Å². The maximum absolute atomic E-state index is 12.3. The molecule has 6 rings (SSSR count). The lowest BCUT2D eigenvalue weighted by atomic mass is 9.91. The number of nitrogens with zero attached hydrogens (tertiary/aromatic N) is 5. The van der Waals surface area contributed by atoms with Gasteiger partial charge >= 0.3 is 0 Å². The number of anilines is 1. The number of imidazole rings is 1. The summed E-state index contributed by atoms with van der Waals surface area (Å²) in [6.45, 7) is 4.20. The van der Waals surface area contributed by atoms with E-state index in [0.29, 0.717) is 35.4 Å². The normalized spacial score (nSPS) is 14.8. The number of fused-ring (bicyclic) bond motifs is 1. The van der Waals surface area contributed by atoms with Crippen LogP contribution in [-0.2, 0) is 0 Å². The van der Waals surface area contributed by atoms with Crippen molar-refractivity contribution in [1.82, 2.24) is 24.3 Å². The van der Waals surface area contributed by atoms with Crippen LogP contribution in [0.2, 0.25) is 0 Å². The third kappa shape index (κ3) is 5.09. The number of carbonyl (C=O) groups is 1. The van der Waals surface area contributed by atoms with Gasteiger partial charge in [0.05, 0.1) is 52.8 Å². The zero-order valence-corrected chi connectivity index (χ0v) is 24.0. The topological polar surface area (TPSA) is 133 Å². The monoisotopic (exact) mass is 565 g/mol. The van der Waals surface area contributed by atoms with Crippen LogP contribution in [0.4, 0.5) is 5.69 Å². The van der Waals surface area contributed by atoms with E-state index in [1.165, 1.54) is 0 Å². The number of amides is 1. The lowest BCUT2D eigenvalue weighted by Crippen LogP contribution is -2.40. The average molecular weight is 566 g/mol. The molecular weight excluding hydrogens is 530 g/mol. The summed E-state index contributed by atoms with van der Waals surface area (Å²) < 4.78 is 9.07. The Balaban J connectivity index is 1.45. The van der Waals surface area contributed by atoms with Crippen LogP contribution in [0.3, 0.4) is 0 Å². The minimum atomic E-state index is -1.09. The van der Waals surface area contributed by atoms with E-state index in [0.717, 1.165) is 53.0 Å². The maximum atomic E-state index is 12.3. The Morgan fingerprint density at radius 3 is 2.52 bits per heavy atom. The van der Waals surface area contributed by atoms with Crippen molar-refractivity contribution in [3.63, 3.8) is 0 Å². The van der Waals surface area contributed by atoms with Gasteiger partial charge in [-0.3, -0.25) is 4.79 Å². The van der Waals surface area contributed by atoms with Crippen LogP contribution in [0, 0.1) is 0 Å². The van der Waals surface area contributed by atoms with Gasteiger partial charge in [0.2, 0.25) is 0 Å². The van der Waals surface area contributed by atoms with Crippen molar-refractivity contribution in [2.75, 3.05) is 12.4 Å². The first kappa shape index (κ1) is 27.5. The molecule has 3 aromatic heterocycles. The Morgan fingerprint density at radius 2 is 1.83 bits per heavy atom. The largest absolute Gasteiger partial charge is 0.497 e. The predicted octanol–water partition coefficient (Wildman–Crippen LogP) is 5.57. The maximum Gasteiger partial charge on any atom is 0.250 e. The fourth-order valence-electron chi connectivity index (χ4n) is 5.71.